The van der Waals surface area contributed by atoms with E-state index in [2.05, 4.69) is 32.0 Å². The molecule has 0 aliphatic heterocycles. The summed E-state index contributed by atoms with van der Waals surface area (Å²) in [5.41, 5.74) is 9.73. The van der Waals surface area contributed by atoms with Crippen molar-refractivity contribution >= 4 is 5.91 Å². The van der Waals surface area contributed by atoms with Crippen LogP contribution in [0.3, 0.4) is 0 Å². The number of amides is 1. The summed E-state index contributed by atoms with van der Waals surface area (Å²) in [6.45, 7) is 4.89. The zero-order chi connectivity index (χ0) is 14.7. The maximum absolute atomic E-state index is 12.5. The summed E-state index contributed by atoms with van der Waals surface area (Å²) in [5, 5.41) is 0. The van der Waals surface area contributed by atoms with E-state index in [1.54, 1.807) is 0 Å². The minimum Gasteiger partial charge on any atom is -0.341 e. The van der Waals surface area contributed by atoms with Crippen LogP contribution in [-0.4, -0.2) is 23.9 Å². The highest BCUT2D eigenvalue weighted by Gasteiger charge is 2.27. The molecule has 3 heteroatoms. The zero-order valence-corrected chi connectivity index (χ0v) is 12.9. The van der Waals surface area contributed by atoms with Crippen LogP contribution in [-0.2, 0) is 11.3 Å². The Hall–Kier alpha value is -1.35. The maximum Gasteiger partial charge on any atom is 0.225 e. The third kappa shape index (κ3) is 3.60. The minimum atomic E-state index is 0.120. The van der Waals surface area contributed by atoms with Gasteiger partial charge < -0.3 is 10.6 Å². The average molecular weight is 274 g/mol. The van der Waals surface area contributed by atoms with Gasteiger partial charge in [0.25, 0.3) is 0 Å². The summed E-state index contributed by atoms with van der Waals surface area (Å²) < 4.78 is 0. The van der Waals surface area contributed by atoms with E-state index in [4.69, 9.17) is 5.73 Å². The van der Waals surface area contributed by atoms with Gasteiger partial charge in [-0.1, -0.05) is 30.2 Å². The molecule has 2 atom stereocenters. The lowest BCUT2D eigenvalue weighted by atomic mass is 9.85. The van der Waals surface area contributed by atoms with Crippen molar-refractivity contribution in [1.29, 1.82) is 0 Å². The standard InChI is InChI=1S/C17H26N2O/c1-12-7-8-15(13(2)9-12)11-19(3)17(20)14-5-4-6-16(18)10-14/h7-9,14,16H,4-6,10-11,18H2,1-3H3/t14-,16-/m0/s1. The maximum atomic E-state index is 12.5. The van der Waals surface area contributed by atoms with Crippen LogP contribution in [0.1, 0.15) is 42.4 Å². The van der Waals surface area contributed by atoms with Gasteiger partial charge >= 0.3 is 0 Å². The fourth-order valence-electron chi connectivity index (χ4n) is 3.12. The van der Waals surface area contributed by atoms with Crippen molar-refractivity contribution in [1.82, 2.24) is 4.90 Å². The van der Waals surface area contributed by atoms with Crippen molar-refractivity contribution in [2.24, 2.45) is 11.7 Å². The van der Waals surface area contributed by atoms with Crippen LogP contribution in [0.2, 0.25) is 0 Å². The van der Waals surface area contributed by atoms with Gasteiger partial charge in [0.1, 0.15) is 0 Å². The largest absolute Gasteiger partial charge is 0.341 e. The van der Waals surface area contributed by atoms with Crippen LogP contribution in [0.4, 0.5) is 0 Å². The Bertz CT molecular complexity index is 484. The number of carbonyl (C=O) groups excluding carboxylic acids is 1. The number of nitrogens with two attached hydrogens (primary N) is 1. The summed E-state index contributed by atoms with van der Waals surface area (Å²) >= 11 is 0. The van der Waals surface area contributed by atoms with Gasteiger partial charge in [0.15, 0.2) is 0 Å². The SMILES string of the molecule is Cc1ccc(CN(C)C(=O)[C@H]2CCC[C@H](N)C2)c(C)c1. The average Bonchev–Trinajstić information content (AvgIpc) is 2.41. The molecule has 1 aliphatic rings. The van der Waals surface area contributed by atoms with Gasteiger partial charge in [-0.15, -0.1) is 0 Å². The molecule has 1 fully saturated rings. The molecule has 0 saturated heterocycles. The van der Waals surface area contributed by atoms with E-state index in [1.807, 2.05) is 11.9 Å². The Morgan fingerprint density at radius 1 is 1.35 bits per heavy atom. The summed E-state index contributed by atoms with van der Waals surface area (Å²) in [5.74, 6) is 0.370. The highest BCUT2D eigenvalue weighted by Crippen LogP contribution is 2.25. The number of hydrogen-bond acceptors (Lipinski definition) is 2. The molecule has 0 heterocycles. The Labute approximate surface area is 122 Å². The molecule has 20 heavy (non-hydrogen) atoms. The molecule has 0 aromatic heterocycles. The fourth-order valence-corrected chi connectivity index (χ4v) is 3.12. The highest BCUT2D eigenvalue weighted by atomic mass is 16.2. The van der Waals surface area contributed by atoms with Crippen molar-refractivity contribution in [2.45, 2.75) is 52.1 Å². The second-order valence-corrected chi connectivity index (χ2v) is 6.25. The number of nitrogens with zero attached hydrogens (tertiary/aromatic N) is 1. The van der Waals surface area contributed by atoms with Crippen molar-refractivity contribution in [3.05, 3.63) is 34.9 Å². The lowest BCUT2D eigenvalue weighted by Gasteiger charge is -2.29. The van der Waals surface area contributed by atoms with Crippen molar-refractivity contribution in [2.75, 3.05) is 7.05 Å². The van der Waals surface area contributed by atoms with E-state index < -0.39 is 0 Å². The number of carbonyl (C=O) groups is 1. The smallest absolute Gasteiger partial charge is 0.225 e. The van der Waals surface area contributed by atoms with E-state index in [9.17, 15) is 4.79 Å². The van der Waals surface area contributed by atoms with Crippen molar-refractivity contribution in [3.8, 4) is 0 Å². The van der Waals surface area contributed by atoms with Crippen LogP contribution in [0, 0.1) is 19.8 Å². The number of benzene rings is 1. The molecule has 3 nitrogen and oxygen atoms in total. The van der Waals surface area contributed by atoms with Gasteiger partial charge in [-0.05, 0) is 44.2 Å². The Morgan fingerprint density at radius 2 is 2.10 bits per heavy atom. The van der Waals surface area contributed by atoms with E-state index in [-0.39, 0.29) is 17.9 Å². The normalized spacial score (nSPS) is 22.6. The molecule has 0 unspecified atom stereocenters. The molecule has 1 aromatic rings. The van der Waals surface area contributed by atoms with Gasteiger partial charge in [0.05, 0.1) is 0 Å². The molecule has 0 spiro atoms. The van der Waals surface area contributed by atoms with E-state index in [0.29, 0.717) is 6.54 Å². The van der Waals surface area contributed by atoms with Crippen LogP contribution < -0.4 is 5.73 Å². The topological polar surface area (TPSA) is 46.3 Å². The third-order valence-corrected chi connectivity index (χ3v) is 4.35. The van der Waals surface area contributed by atoms with E-state index >= 15 is 0 Å². The minimum absolute atomic E-state index is 0.120. The van der Waals surface area contributed by atoms with Crippen LogP contribution in [0.5, 0.6) is 0 Å². The van der Waals surface area contributed by atoms with Gasteiger partial charge in [0.2, 0.25) is 5.91 Å². The van der Waals surface area contributed by atoms with Gasteiger partial charge in [0, 0.05) is 25.6 Å². The summed E-state index contributed by atoms with van der Waals surface area (Å²) in [6, 6.07) is 6.61. The summed E-state index contributed by atoms with van der Waals surface area (Å²) in [7, 11) is 1.90. The first-order chi connectivity index (χ1) is 9.47. The zero-order valence-electron chi connectivity index (χ0n) is 12.9. The molecule has 1 saturated carbocycles. The molecule has 2 N–H and O–H groups in total. The number of hydrogen-bond donors (Lipinski definition) is 1. The first-order valence-corrected chi connectivity index (χ1v) is 7.54. The highest BCUT2D eigenvalue weighted by molar-refractivity contribution is 5.78. The predicted molar refractivity (Wildman–Crippen MR) is 82.3 cm³/mol. The second-order valence-electron chi connectivity index (χ2n) is 6.25. The lowest BCUT2D eigenvalue weighted by molar-refractivity contribution is -0.135. The molecule has 1 aliphatic carbocycles. The van der Waals surface area contributed by atoms with Gasteiger partial charge in [-0.2, -0.15) is 0 Å². The molecule has 0 bridgehead atoms. The Balaban J connectivity index is 2.00. The summed E-state index contributed by atoms with van der Waals surface area (Å²) in [6.07, 6.45) is 3.97. The van der Waals surface area contributed by atoms with Gasteiger partial charge in [-0.3, -0.25) is 4.79 Å². The monoisotopic (exact) mass is 274 g/mol. The summed E-state index contributed by atoms with van der Waals surface area (Å²) in [4.78, 5) is 14.4. The van der Waals surface area contributed by atoms with Crippen LogP contribution >= 0.6 is 0 Å². The Kier molecular flexibility index (Phi) is 4.81. The predicted octanol–water partition coefficient (Wildman–Crippen LogP) is 2.78. The molecular formula is C17H26N2O. The van der Waals surface area contributed by atoms with E-state index in [0.717, 1.165) is 25.7 Å². The van der Waals surface area contributed by atoms with Gasteiger partial charge in [-0.25, -0.2) is 0 Å². The second kappa shape index (κ2) is 6.40. The number of aryl methyl sites for hydroxylation is 2. The first-order valence-electron chi connectivity index (χ1n) is 7.54. The molecule has 0 radical (unpaired) electrons. The molecular weight excluding hydrogens is 248 g/mol. The molecule has 2 rings (SSSR count). The molecule has 1 amide bonds. The van der Waals surface area contributed by atoms with E-state index in [1.165, 1.54) is 16.7 Å². The Morgan fingerprint density at radius 3 is 2.75 bits per heavy atom. The third-order valence-electron chi connectivity index (χ3n) is 4.35. The quantitative estimate of drug-likeness (QED) is 0.921. The van der Waals surface area contributed by atoms with Crippen molar-refractivity contribution < 1.29 is 4.79 Å². The van der Waals surface area contributed by atoms with Crippen LogP contribution in [0.25, 0.3) is 0 Å². The lowest BCUT2D eigenvalue weighted by Crippen LogP contribution is -2.38. The number of rotatable bonds is 3. The van der Waals surface area contributed by atoms with Crippen molar-refractivity contribution in [3.63, 3.8) is 0 Å². The molecule has 110 valence electrons. The first kappa shape index (κ1) is 15.0. The van der Waals surface area contributed by atoms with Crippen LogP contribution in [0.15, 0.2) is 18.2 Å². The fraction of sp³-hybridized carbons (Fsp3) is 0.588. The molecule has 1 aromatic carbocycles.